The van der Waals surface area contributed by atoms with Crippen molar-refractivity contribution in [3.05, 3.63) is 59.9 Å². The Labute approximate surface area is 139 Å². The summed E-state index contributed by atoms with van der Waals surface area (Å²) >= 11 is 0. The second-order valence-corrected chi connectivity index (χ2v) is 5.45. The number of amides is 2. The third kappa shape index (κ3) is 5.39. The summed E-state index contributed by atoms with van der Waals surface area (Å²) < 4.78 is 18.3. The van der Waals surface area contributed by atoms with E-state index >= 15 is 0 Å². The standard InChI is InChI=1S/C18H19FN2O3/c1-12(2)24-16-9-3-13(4-10-16)11-20-17(22)18(23)21-15-7-5-14(19)6-8-15/h3-10,12H,11H2,1-2H3,(H,20,22)(H,21,23). The zero-order valence-electron chi connectivity index (χ0n) is 13.5. The molecule has 24 heavy (non-hydrogen) atoms. The van der Waals surface area contributed by atoms with E-state index in [-0.39, 0.29) is 12.6 Å². The summed E-state index contributed by atoms with van der Waals surface area (Å²) in [6, 6.07) is 12.4. The fourth-order valence-corrected chi connectivity index (χ4v) is 1.94. The number of carbonyl (C=O) groups is 2. The minimum absolute atomic E-state index is 0.0886. The van der Waals surface area contributed by atoms with Crippen LogP contribution < -0.4 is 15.4 Å². The van der Waals surface area contributed by atoms with Gasteiger partial charge >= 0.3 is 11.8 Å². The molecule has 0 bridgehead atoms. The van der Waals surface area contributed by atoms with Crippen LogP contribution in [0.2, 0.25) is 0 Å². The van der Waals surface area contributed by atoms with Gasteiger partial charge in [-0.25, -0.2) is 4.39 Å². The summed E-state index contributed by atoms with van der Waals surface area (Å²) in [7, 11) is 0. The van der Waals surface area contributed by atoms with Crippen LogP contribution >= 0.6 is 0 Å². The molecule has 0 atom stereocenters. The van der Waals surface area contributed by atoms with Crippen LogP contribution in [-0.4, -0.2) is 17.9 Å². The minimum Gasteiger partial charge on any atom is -0.491 e. The lowest BCUT2D eigenvalue weighted by molar-refractivity contribution is -0.136. The number of hydrogen-bond donors (Lipinski definition) is 2. The molecule has 0 saturated heterocycles. The van der Waals surface area contributed by atoms with Crippen molar-refractivity contribution in [2.75, 3.05) is 5.32 Å². The summed E-state index contributed by atoms with van der Waals surface area (Å²) in [5, 5.41) is 4.92. The van der Waals surface area contributed by atoms with Crippen molar-refractivity contribution < 1.29 is 18.7 Å². The Morgan fingerprint density at radius 2 is 1.62 bits per heavy atom. The third-order valence-electron chi connectivity index (χ3n) is 3.06. The van der Waals surface area contributed by atoms with Gasteiger partial charge in [-0.3, -0.25) is 9.59 Å². The van der Waals surface area contributed by atoms with Gasteiger partial charge in [-0.05, 0) is 55.8 Å². The van der Waals surface area contributed by atoms with E-state index in [2.05, 4.69) is 10.6 Å². The molecule has 0 aliphatic heterocycles. The van der Waals surface area contributed by atoms with Gasteiger partial charge in [0.25, 0.3) is 0 Å². The molecule has 6 heteroatoms. The molecule has 2 rings (SSSR count). The summed E-state index contributed by atoms with van der Waals surface area (Å²) in [6.45, 7) is 4.10. The molecule has 0 aliphatic carbocycles. The van der Waals surface area contributed by atoms with Gasteiger partial charge in [0.05, 0.1) is 6.10 Å². The van der Waals surface area contributed by atoms with E-state index in [1.807, 2.05) is 26.0 Å². The normalized spacial score (nSPS) is 10.3. The lowest BCUT2D eigenvalue weighted by atomic mass is 10.2. The monoisotopic (exact) mass is 330 g/mol. The van der Waals surface area contributed by atoms with Crippen LogP contribution in [-0.2, 0) is 16.1 Å². The molecule has 2 N–H and O–H groups in total. The predicted octanol–water partition coefficient (Wildman–Crippen LogP) is 2.87. The second kappa shape index (κ2) is 8.10. The number of halogens is 1. The quantitative estimate of drug-likeness (QED) is 0.829. The third-order valence-corrected chi connectivity index (χ3v) is 3.06. The molecule has 0 spiro atoms. The van der Waals surface area contributed by atoms with Gasteiger partial charge in [0.2, 0.25) is 0 Å². The molecule has 0 heterocycles. The number of anilines is 1. The maximum Gasteiger partial charge on any atom is 0.313 e. The van der Waals surface area contributed by atoms with Gasteiger partial charge < -0.3 is 15.4 Å². The number of carbonyl (C=O) groups excluding carboxylic acids is 2. The minimum atomic E-state index is -0.804. The first-order valence-electron chi connectivity index (χ1n) is 7.54. The molecule has 0 fully saturated rings. The van der Waals surface area contributed by atoms with Crippen molar-refractivity contribution >= 4 is 17.5 Å². The highest BCUT2D eigenvalue weighted by molar-refractivity contribution is 6.39. The number of rotatable bonds is 5. The number of benzene rings is 2. The van der Waals surface area contributed by atoms with E-state index in [9.17, 15) is 14.0 Å². The molecule has 2 aromatic rings. The van der Waals surface area contributed by atoms with E-state index in [0.717, 1.165) is 11.3 Å². The van der Waals surface area contributed by atoms with Gasteiger partial charge in [-0.1, -0.05) is 12.1 Å². The van der Waals surface area contributed by atoms with Gasteiger partial charge in [-0.15, -0.1) is 0 Å². The van der Waals surface area contributed by atoms with Crippen molar-refractivity contribution in [2.24, 2.45) is 0 Å². The van der Waals surface area contributed by atoms with Crippen molar-refractivity contribution in [2.45, 2.75) is 26.5 Å². The molecule has 0 aliphatic rings. The summed E-state index contributed by atoms with van der Waals surface area (Å²) in [5.41, 5.74) is 1.20. The summed E-state index contributed by atoms with van der Waals surface area (Å²) in [4.78, 5) is 23.5. The molecular formula is C18H19FN2O3. The van der Waals surface area contributed by atoms with Crippen LogP contribution in [0.15, 0.2) is 48.5 Å². The van der Waals surface area contributed by atoms with Crippen LogP contribution in [0.5, 0.6) is 5.75 Å². The maximum atomic E-state index is 12.8. The first-order chi connectivity index (χ1) is 11.4. The molecule has 2 amide bonds. The van der Waals surface area contributed by atoms with Gasteiger partial charge in [-0.2, -0.15) is 0 Å². The van der Waals surface area contributed by atoms with Crippen LogP contribution in [0.4, 0.5) is 10.1 Å². The Bertz CT molecular complexity index is 697. The van der Waals surface area contributed by atoms with E-state index in [0.29, 0.717) is 5.69 Å². The Kier molecular flexibility index (Phi) is 5.89. The Morgan fingerprint density at radius 3 is 2.21 bits per heavy atom. The highest BCUT2D eigenvalue weighted by Crippen LogP contribution is 2.13. The SMILES string of the molecule is CC(C)Oc1ccc(CNC(=O)C(=O)Nc2ccc(F)cc2)cc1. The number of ether oxygens (including phenoxy) is 1. The molecule has 5 nitrogen and oxygen atoms in total. The van der Waals surface area contributed by atoms with E-state index in [1.165, 1.54) is 24.3 Å². The second-order valence-electron chi connectivity index (χ2n) is 5.45. The highest BCUT2D eigenvalue weighted by atomic mass is 19.1. The molecular weight excluding hydrogens is 311 g/mol. The van der Waals surface area contributed by atoms with Gasteiger partial charge in [0.1, 0.15) is 11.6 Å². The predicted molar refractivity (Wildman–Crippen MR) is 89.1 cm³/mol. The van der Waals surface area contributed by atoms with Crippen LogP contribution in [0.1, 0.15) is 19.4 Å². The lowest BCUT2D eigenvalue weighted by Gasteiger charge is -2.10. The first kappa shape index (κ1) is 17.5. The zero-order valence-corrected chi connectivity index (χ0v) is 13.5. The molecule has 0 saturated carbocycles. The molecule has 0 radical (unpaired) electrons. The average molecular weight is 330 g/mol. The average Bonchev–Trinajstić information content (AvgIpc) is 2.55. The number of hydrogen-bond acceptors (Lipinski definition) is 3. The molecule has 0 unspecified atom stereocenters. The molecule has 126 valence electrons. The lowest BCUT2D eigenvalue weighted by Crippen LogP contribution is -2.34. The van der Waals surface area contributed by atoms with Crippen LogP contribution in [0, 0.1) is 5.82 Å². The fourth-order valence-electron chi connectivity index (χ4n) is 1.94. The topological polar surface area (TPSA) is 67.4 Å². The molecule has 2 aromatic carbocycles. The van der Waals surface area contributed by atoms with Gasteiger partial charge in [0, 0.05) is 12.2 Å². The Hall–Kier alpha value is -2.89. The number of nitrogens with one attached hydrogen (secondary N) is 2. The van der Waals surface area contributed by atoms with Crippen molar-refractivity contribution in [3.8, 4) is 5.75 Å². The first-order valence-corrected chi connectivity index (χ1v) is 7.54. The maximum absolute atomic E-state index is 12.8. The smallest absolute Gasteiger partial charge is 0.313 e. The van der Waals surface area contributed by atoms with Gasteiger partial charge in [0.15, 0.2) is 0 Å². The Morgan fingerprint density at radius 1 is 1.00 bits per heavy atom. The van der Waals surface area contributed by atoms with Crippen molar-refractivity contribution in [1.82, 2.24) is 5.32 Å². The summed E-state index contributed by atoms with van der Waals surface area (Å²) in [5.74, 6) is -1.24. The van der Waals surface area contributed by atoms with E-state index in [4.69, 9.17) is 4.74 Å². The van der Waals surface area contributed by atoms with E-state index < -0.39 is 17.6 Å². The van der Waals surface area contributed by atoms with Crippen LogP contribution in [0.3, 0.4) is 0 Å². The zero-order chi connectivity index (χ0) is 17.5. The summed E-state index contributed by atoms with van der Waals surface area (Å²) in [6.07, 6.45) is 0.0886. The highest BCUT2D eigenvalue weighted by Gasteiger charge is 2.13. The van der Waals surface area contributed by atoms with E-state index in [1.54, 1.807) is 12.1 Å². The van der Waals surface area contributed by atoms with Crippen molar-refractivity contribution in [3.63, 3.8) is 0 Å². The Balaban J connectivity index is 1.83. The molecule has 0 aromatic heterocycles. The van der Waals surface area contributed by atoms with Crippen molar-refractivity contribution in [1.29, 1.82) is 0 Å². The largest absolute Gasteiger partial charge is 0.491 e. The van der Waals surface area contributed by atoms with Crippen LogP contribution in [0.25, 0.3) is 0 Å². The fraction of sp³-hybridized carbons (Fsp3) is 0.222.